The van der Waals surface area contributed by atoms with Crippen molar-refractivity contribution in [1.82, 2.24) is 0 Å². The Kier molecular flexibility index (Phi) is 3.68. The molecule has 0 radical (unpaired) electrons. The number of fused-ring (bicyclic) bond motifs is 1. The highest BCUT2D eigenvalue weighted by molar-refractivity contribution is 6.01. The summed E-state index contributed by atoms with van der Waals surface area (Å²) in [6.07, 6.45) is -4.99. The minimum Gasteiger partial charge on any atom is -0.545 e. The van der Waals surface area contributed by atoms with E-state index in [4.69, 9.17) is 5.73 Å². The second kappa shape index (κ2) is 5.08. The van der Waals surface area contributed by atoms with E-state index in [1.807, 2.05) is 0 Å². The van der Waals surface area contributed by atoms with Crippen molar-refractivity contribution in [2.45, 2.75) is 18.5 Å². The van der Waals surface area contributed by atoms with Crippen molar-refractivity contribution in [1.29, 1.82) is 0 Å². The normalized spacial score (nSPS) is 15.5. The van der Waals surface area contributed by atoms with Crippen LogP contribution in [0.5, 0.6) is 0 Å². The zero-order valence-corrected chi connectivity index (χ0v) is 10.7. The van der Waals surface area contributed by atoms with Gasteiger partial charge < -0.3 is 15.6 Å². The average molecular weight is 319 g/mol. The van der Waals surface area contributed by atoms with Gasteiger partial charge in [-0.05, 0) is 17.7 Å². The SMILES string of the molecule is NC1=Nc2cc(C(F)(F)C(F)(F)F)ccc2C=C(C(=O)[O-])C1. The predicted octanol–water partition coefficient (Wildman–Crippen LogP) is 1.87. The Bertz CT molecular complexity index is 692. The summed E-state index contributed by atoms with van der Waals surface area (Å²) in [5.41, 5.74) is 3.66. The summed E-state index contributed by atoms with van der Waals surface area (Å²) in [6, 6.07) is 2.02. The fourth-order valence-corrected chi connectivity index (χ4v) is 1.88. The lowest BCUT2D eigenvalue weighted by Crippen LogP contribution is -2.33. The van der Waals surface area contributed by atoms with Gasteiger partial charge in [0.05, 0.1) is 11.7 Å². The molecule has 0 spiro atoms. The van der Waals surface area contributed by atoms with Crippen LogP contribution >= 0.6 is 0 Å². The summed E-state index contributed by atoms with van der Waals surface area (Å²) in [6.45, 7) is 0. The second-order valence-corrected chi connectivity index (χ2v) is 4.58. The quantitative estimate of drug-likeness (QED) is 0.845. The maximum absolute atomic E-state index is 13.3. The van der Waals surface area contributed by atoms with Gasteiger partial charge in [-0.2, -0.15) is 22.0 Å². The zero-order chi connectivity index (χ0) is 16.7. The first-order chi connectivity index (χ1) is 10.0. The molecule has 4 nitrogen and oxygen atoms in total. The first kappa shape index (κ1) is 15.9. The largest absolute Gasteiger partial charge is 0.545 e. The first-order valence-corrected chi connectivity index (χ1v) is 5.86. The molecule has 22 heavy (non-hydrogen) atoms. The number of aliphatic carboxylic acids is 1. The van der Waals surface area contributed by atoms with Crippen LogP contribution in [0.1, 0.15) is 17.5 Å². The Hall–Kier alpha value is -2.45. The molecular weight excluding hydrogens is 311 g/mol. The van der Waals surface area contributed by atoms with E-state index in [1.165, 1.54) is 0 Å². The molecule has 0 aromatic heterocycles. The topological polar surface area (TPSA) is 78.5 Å². The van der Waals surface area contributed by atoms with Crippen molar-refractivity contribution in [2.24, 2.45) is 10.7 Å². The van der Waals surface area contributed by atoms with Crippen LogP contribution in [-0.2, 0) is 10.7 Å². The average Bonchev–Trinajstić information content (AvgIpc) is 2.54. The van der Waals surface area contributed by atoms with Crippen molar-refractivity contribution in [3.05, 3.63) is 34.9 Å². The molecule has 0 fully saturated rings. The molecule has 9 heteroatoms. The molecule has 0 unspecified atom stereocenters. The number of amidine groups is 1. The van der Waals surface area contributed by atoms with Gasteiger partial charge in [0.1, 0.15) is 5.84 Å². The lowest BCUT2D eigenvalue weighted by molar-refractivity contribution is -0.299. The van der Waals surface area contributed by atoms with Crippen LogP contribution in [0.2, 0.25) is 0 Å². The van der Waals surface area contributed by atoms with Crippen molar-refractivity contribution in [3.8, 4) is 0 Å². The number of hydrogen-bond acceptors (Lipinski definition) is 4. The molecule has 1 heterocycles. The highest BCUT2D eigenvalue weighted by Crippen LogP contribution is 2.45. The Labute approximate surface area is 120 Å². The lowest BCUT2D eigenvalue weighted by Gasteiger charge is -2.20. The van der Waals surface area contributed by atoms with E-state index >= 15 is 0 Å². The molecule has 0 amide bonds. The molecule has 118 valence electrons. The monoisotopic (exact) mass is 319 g/mol. The van der Waals surface area contributed by atoms with Gasteiger partial charge in [0, 0.05) is 17.5 Å². The molecule has 0 bridgehead atoms. The number of aliphatic imine (C=N–C) groups is 1. The molecule has 2 rings (SSSR count). The predicted molar refractivity (Wildman–Crippen MR) is 65.3 cm³/mol. The number of rotatable bonds is 2. The van der Waals surface area contributed by atoms with E-state index in [9.17, 15) is 31.9 Å². The van der Waals surface area contributed by atoms with Crippen molar-refractivity contribution < 1.29 is 31.9 Å². The van der Waals surface area contributed by atoms with E-state index in [0.29, 0.717) is 12.1 Å². The number of carbonyl (C=O) groups is 1. The van der Waals surface area contributed by atoms with Gasteiger partial charge in [-0.15, -0.1) is 0 Å². The zero-order valence-electron chi connectivity index (χ0n) is 10.7. The van der Waals surface area contributed by atoms with Crippen LogP contribution in [0.25, 0.3) is 6.08 Å². The highest BCUT2D eigenvalue weighted by atomic mass is 19.4. The van der Waals surface area contributed by atoms with Crippen LogP contribution < -0.4 is 10.8 Å². The fourth-order valence-electron chi connectivity index (χ4n) is 1.88. The Morgan fingerprint density at radius 1 is 1.23 bits per heavy atom. The Morgan fingerprint density at radius 2 is 1.86 bits per heavy atom. The van der Waals surface area contributed by atoms with E-state index in [2.05, 4.69) is 4.99 Å². The first-order valence-electron chi connectivity index (χ1n) is 5.86. The molecule has 0 aliphatic carbocycles. The summed E-state index contributed by atoms with van der Waals surface area (Å²) >= 11 is 0. The number of benzene rings is 1. The number of alkyl halides is 5. The maximum Gasteiger partial charge on any atom is 0.458 e. The molecular formula is C13H8F5N2O2-. The van der Waals surface area contributed by atoms with Crippen molar-refractivity contribution in [2.75, 3.05) is 0 Å². The van der Waals surface area contributed by atoms with Crippen molar-refractivity contribution in [3.63, 3.8) is 0 Å². The molecule has 2 N–H and O–H groups in total. The van der Waals surface area contributed by atoms with Gasteiger partial charge in [0.25, 0.3) is 0 Å². The van der Waals surface area contributed by atoms with E-state index in [1.54, 1.807) is 0 Å². The highest BCUT2D eigenvalue weighted by Gasteiger charge is 2.58. The molecule has 1 aromatic rings. The number of nitrogens with two attached hydrogens (primary N) is 1. The number of carbonyl (C=O) groups excluding carboxylic acids is 1. The summed E-state index contributed by atoms with van der Waals surface area (Å²) in [4.78, 5) is 14.5. The molecule has 1 aliphatic rings. The Balaban J connectivity index is 2.58. The number of carboxylic acid groups (broad SMARTS) is 1. The molecule has 0 atom stereocenters. The number of hydrogen-bond donors (Lipinski definition) is 1. The third-order valence-electron chi connectivity index (χ3n) is 2.98. The third-order valence-corrected chi connectivity index (χ3v) is 2.98. The summed E-state index contributed by atoms with van der Waals surface area (Å²) in [7, 11) is 0. The summed E-state index contributed by atoms with van der Waals surface area (Å²) in [5.74, 6) is -6.82. The Morgan fingerprint density at radius 3 is 2.41 bits per heavy atom. The summed E-state index contributed by atoms with van der Waals surface area (Å²) < 4.78 is 63.7. The van der Waals surface area contributed by atoms with E-state index < -0.39 is 23.6 Å². The maximum atomic E-state index is 13.3. The molecule has 1 aromatic carbocycles. The van der Waals surface area contributed by atoms with Gasteiger partial charge in [-0.25, -0.2) is 4.99 Å². The van der Waals surface area contributed by atoms with Gasteiger partial charge in [-0.1, -0.05) is 12.1 Å². The van der Waals surface area contributed by atoms with Crippen LogP contribution in [-0.4, -0.2) is 18.0 Å². The van der Waals surface area contributed by atoms with Crippen molar-refractivity contribution >= 4 is 23.6 Å². The molecule has 1 aliphatic heterocycles. The number of nitrogens with zero attached hydrogens (tertiary/aromatic N) is 1. The molecule has 0 saturated carbocycles. The third kappa shape index (κ3) is 2.78. The minimum absolute atomic E-state index is 0.0568. The smallest absolute Gasteiger partial charge is 0.458 e. The van der Waals surface area contributed by atoms with Gasteiger partial charge in [-0.3, -0.25) is 0 Å². The van der Waals surface area contributed by atoms with Gasteiger partial charge >= 0.3 is 12.1 Å². The van der Waals surface area contributed by atoms with E-state index in [-0.39, 0.29) is 29.1 Å². The fraction of sp³-hybridized carbons (Fsp3) is 0.231. The van der Waals surface area contributed by atoms with Crippen LogP contribution in [0, 0.1) is 0 Å². The van der Waals surface area contributed by atoms with Gasteiger partial charge in [0.2, 0.25) is 0 Å². The van der Waals surface area contributed by atoms with E-state index in [0.717, 1.165) is 12.1 Å². The van der Waals surface area contributed by atoms with Crippen LogP contribution in [0.15, 0.2) is 28.8 Å². The van der Waals surface area contributed by atoms with Gasteiger partial charge in [0.15, 0.2) is 0 Å². The minimum atomic E-state index is -5.76. The second-order valence-electron chi connectivity index (χ2n) is 4.58. The van der Waals surface area contributed by atoms with Crippen LogP contribution in [0.3, 0.4) is 0 Å². The van der Waals surface area contributed by atoms with Crippen LogP contribution in [0.4, 0.5) is 27.6 Å². The standard InChI is InChI=1S/C13H9F5N2O2/c14-12(15,13(16,17)18)8-2-1-6-3-7(11(21)22)4-10(19)20-9(6)5-8/h1-3,5H,4H2,(H2,19,20)(H,21,22)/p-1. The molecule has 0 saturated heterocycles. The number of halogens is 5. The lowest BCUT2D eigenvalue weighted by atomic mass is 10.0. The summed E-state index contributed by atoms with van der Waals surface area (Å²) in [5, 5.41) is 10.9. The number of carboxylic acids is 1.